The standard InChI is InChI=1S/C22H16BrClN2O/c23-16-6-9-18(10-7-16)26-20-11-8-17(24)14-19(20)22(25-13-12-21(26)27)15-4-2-1-3-5-15/h1-11,14H,12-13H2. The zero-order valence-corrected chi connectivity index (χ0v) is 16.7. The SMILES string of the molecule is O=C1CCN=C(c2ccccc2)c2cc(Cl)ccc2N1c1ccc(Br)cc1. The number of halogens is 2. The fraction of sp³-hybridized carbons (Fsp3) is 0.0909. The van der Waals surface area contributed by atoms with Gasteiger partial charge in [0.2, 0.25) is 5.91 Å². The number of carbonyl (C=O) groups excluding carboxylic acids is 1. The summed E-state index contributed by atoms with van der Waals surface area (Å²) in [6, 6.07) is 23.3. The van der Waals surface area contributed by atoms with Crippen molar-refractivity contribution in [2.24, 2.45) is 4.99 Å². The van der Waals surface area contributed by atoms with E-state index in [-0.39, 0.29) is 5.91 Å². The van der Waals surface area contributed by atoms with Gasteiger partial charge in [0.15, 0.2) is 0 Å². The van der Waals surface area contributed by atoms with E-state index in [9.17, 15) is 4.79 Å². The molecule has 1 aliphatic rings. The van der Waals surface area contributed by atoms with Gasteiger partial charge in [0.05, 0.1) is 11.4 Å². The average Bonchev–Trinajstić information content (AvgIpc) is 2.67. The second-order valence-electron chi connectivity index (χ2n) is 6.21. The molecule has 134 valence electrons. The van der Waals surface area contributed by atoms with Gasteiger partial charge in [-0.05, 0) is 42.5 Å². The van der Waals surface area contributed by atoms with E-state index in [2.05, 4.69) is 15.9 Å². The van der Waals surface area contributed by atoms with Crippen molar-refractivity contribution >= 4 is 50.5 Å². The quantitative estimate of drug-likeness (QED) is 0.481. The van der Waals surface area contributed by atoms with Crippen LogP contribution >= 0.6 is 27.5 Å². The van der Waals surface area contributed by atoms with E-state index in [0.29, 0.717) is 18.0 Å². The molecule has 0 saturated heterocycles. The van der Waals surface area contributed by atoms with Crippen LogP contribution < -0.4 is 4.90 Å². The number of aliphatic imine (C=N–C) groups is 1. The van der Waals surface area contributed by atoms with Gasteiger partial charge in [-0.25, -0.2) is 0 Å². The third-order valence-electron chi connectivity index (χ3n) is 4.43. The summed E-state index contributed by atoms with van der Waals surface area (Å²) in [5, 5.41) is 0.612. The Labute approximate surface area is 171 Å². The van der Waals surface area contributed by atoms with Crippen molar-refractivity contribution in [3.05, 3.63) is 93.4 Å². The minimum Gasteiger partial charge on any atom is -0.283 e. The van der Waals surface area contributed by atoms with Crippen LogP contribution in [0.3, 0.4) is 0 Å². The molecule has 0 fully saturated rings. The van der Waals surface area contributed by atoms with Gasteiger partial charge in [0, 0.05) is 39.3 Å². The number of hydrogen-bond acceptors (Lipinski definition) is 2. The molecule has 1 amide bonds. The van der Waals surface area contributed by atoms with E-state index in [1.165, 1.54) is 0 Å². The predicted molar refractivity (Wildman–Crippen MR) is 114 cm³/mol. The lowest BCUT2D eigenvalue weighted by atomic mass is 9.98. The summed E-state index contributed by atoms with van der Waals surface area (Å²) < 4.78 is 0.966. The van der Waals surface area contributed by atoms with Gasteiger partial charge in [-0.15, -0.1) is 0 Å². The van der Waals surface area contributed by atoms with Gasteiger partial charge in [-0.2, -0.15) is 0 Å². The van der Waals surface area contributed by atoms with Crippen LogP contribution in [0.5, 0.6) is 0 Å². The fourth-order valence-corrected chi connectivity index (χ4v) is 3.64. The number of hydrogen-bond donors (Lipinski definition) is 0. The zero-order valence-electron chi connectivity index (χ0n) is 14.4. The van der Waals surface area contributed by atoms with Crippen LogP contribution in [0.15, 0.2) is 82.3 Å². The third kappa shape index (κ3) is 3.68. The molecule has 3 aromatic carbocycles. The van der Waals surface area contributed by atoms with Crippen molar-refractivity contribution in [3.63, 3.8) is 0 Å². The number of benzene rings is 3. The maximum absolute atomic E-state index is 13.0. The number of anilines is 2. The van der Waals surface area contributed by atoms with E-state index in [1.807, 2.05) is 72.8 Å². The van der Waals surface area contributed by atoms with Gasteiger partial charge in [-0.1, -0.05) is 57.9 Å². The topological polar surface area (TPSA) is 32.7 Å². The molecule has 0 atom stereocenters. The van der Waals surface area contributed by atoms with Crippen molar-refractivity contribution in [1.82, 2.24) is 0 Å². The Bertz CT molecular complexity index is 1020. The second-order valence-corrected chi connectivity index (χ2v) is 7.57. The molecule has 1 aliphatic heterocycles. The van der Waals surface area contributed by atoms with Gasteiger partial charge < -0.3 is 0 Å². The van der Waals surface area contributed by atoms with Crippen molar-refractivity contribution in [3.8, 4) is 0 Å². The number of amides is 1. The Morgan fingerprint density at radius 3 is 2.44 bits per heavy atom. The van der Waals surface area contributed by atoms with Crippen molar-refractivity contribution < 1.29 is 4.79 Å². The number of nitrogens with zero attached hydrogens (tertiary/aromatic N) is 2. The number of rotatable bonds is 2. The molecule has 0 radical (unpaired) electrons. The average molecular weight is 440 g/mol. The van der Waals surface area contributed by atoms with E-state index in [0.717, 1.165) is 32.7 Å². The van der Waals surface area contributed by atoms with E-state index in [4.69, 9.17) is 16.6 Å². The Balaban J connectivity index is 1.93. The Morgan fingerprint density at radius 1 is 0.963 bits per heavy atom. The first-order chi connectivity index (χ1) is 13.1. The molecule has 0 spiro atoms. The molecule has 0 aromatic heterocycles. The van der Waals surface area contributed by atoms with E-state index >= 15 is 0 Å². The van der Waals surface area contributed by atoms with Crippen molar-refractivity contribution in [2.45, 2.75) is 6.42 Å². The second kappa shape index (κ2) is 7.67. The van der Waals surface area contributed by atoms with E-state index in [1.54, 1.807) is 4.90 Å². The van der Waals surface area contributed by atoms with Crippen molar-refractivity contribution in [2.75, 3.05) is 11.4 Å². The first-order valence-corrected chi connectivity index (χ1v) is 9.79. The summed E-state index contributed by atoms with van der Waals surface area (Å²) in [5.41, 5.74) is 4.31. The molecule has 5 heteroatoms. The molecule has 3 nitrogen and oxygen atoms in total. The highest BCUT2D eigenvalue weighted by Crippen LogP contribution is 2.34. The first kappa shape index (κ1) is 18.0. The van der Waals surface area contributed by atoms with Crippen LogP contribution in [-0.2, 0) is 4.79 Å². The van der Waals surface area contributed by atoms with Crippen LogP contribution in [0.4, 0.5) is 11.4 Å². The summed E-state index contributed by atoms with van der Waals surface area (Å²) in [6.07, 6.45) is 0.342. The van der Waals surface area contributed by atoms with Gasteiger partial charge >= 0.3 is 0 Å². The van der Waals surface area contributed by atoms with Crippen LogP contribution in [0.25, 0.3) is 0 Å². The molecule has 3 aromatic rings. The lowest BCUT2D eigenvalue weighted by molar-refractivity contribution is -0.117. The van der Waals surface area contributed by atoms with Crippen LogP contribution in [0.1, 0.15) is 17.5 Å². The maximum Gasteiger partial charge on any atom is 0.233 e. The third-order valence-corrected chi connectivity index (χ3v) is 5.20. The molecule has 0 saturated carbocycles. The molecule has 27 heavy (non-hydrogen) atoms. The van der Waals surface area contributed by atoms with Gasteiger partial charge in [0.25, 0.3) is 0 Å². The molecule has 1 heterocycles. The molecule has 4 rings (SSSR count). The number of fused-ring (bicyclic) bond motifs is 1. The number of carbonyl (C=O) groups is 1. The lowest BCUT2D eigenvalue weighted by Gasteiger charge is -2.28. The largest absolute Gasteiger partial charge is 0.283 e. The van der Waals surface area contributed by atoms with Crippen LogP contribution in [0.2, 0.25) is 5.02 Å². The van der Waals surface area contributed by atoms with Crippen LogP contribution in [0, 0.1) is 0 Å². The minimum atomic E-state index is 0.0109. The first-order valence-electron chi connectivity index (χ1n) is 8.62. The Hall–Kier alpha value is -2.43. The highest BCUT2D eigenvalue weighted by molar-refractivity contribution is 9.10. The zero-order chi connectivity index (χ0) is 18.8. The summed E-state index contributed by atoms with van der Waals surface area (Å²) in [4.78, 5) is 19.4. The smallest absolute Gasteiger partial charge is 0.233 e. The lowest BCUT2D eigenvalue weighted by Crippen LogP contribution is -2.30. The summed E-state index contributed by atoms with van der Waals surface area (Å²) in [5.74, 6) is 0.0109. The molecule has 0 aliphatic carbocycles. The maximum atomic E-state index is 13.0. The normalized spacial score (nSPS) is 14.2. The predicted octanol–water partition coefficient (Wildman–Crippen LogP) is 6.01. The molecular formula is C22H16BrClN2O. The van der Waals surface area contributed by atoms with Crippen molar-refractivity contribution in [1.29, 1.82) is 0 Å². The molecular weight excluding hydrogens is 424 g/mol. The molecule has 0 unspecified atom stereocenters. The molecule has 0 bridgehead atoms. The summed E-state index contributed by atoms with van der Waals surface area (Å²) in [6.45, 7) is 0.433. The summed E-state index contributed by atoms with van der Waals surface area (Å²) >= 11 is 9.76. The van der Waals surface area contributed by atoms with E-state index < -0.39 is 0 Å². The van der Waals surface area contributed by atoms with Crippen LogP contribution in [-0.4, -0.2) is 18.2 Å². The van der Waals surface area contributed by atoms with Gasteiger partial charge in [-0.3, -0.25) is 14.7 Å². The molecule has 0 N–H and O–H groups in total. The Kier molecular flexibility index (Phi) is 5.10. The highest BCUT2D eigenvalue weighted by Gasteiger charge is 2.25. The monoisotopic (exact) mass is 438 g/mol. The fourth-order valence-electron chi connectivity index (χ4n) is 3.20. The Morgan fingerprint density at radius 2 is 1.70 bits per heavy atom. The van der Waals surface area contributed by atoms with Gasteiger partial charge in [0.1, 0.15) is 0 Å². The summed E-state index contributed by atoms with van der Waals surface area (Å²) in [7, 11) is 0. The minimum absolute atomic E-state index is 0.0109. The highest BCUT2D eigenvalue weighted by atomic mass is 79.9.